The SMILES string of the molecule is CCOC(=O)c1c(NC(=O)/C(C#N)=C/c2cc(Br)c(OCc3cccc4ccccc34)c(OC)c2)sc2c1CCCC2. The maximum Gasteiger partial charge on any atom is 0.341 e. The number of ether oxygens (including phenoxy) is 3. The molecular weight excluding hydrogens is 616 g/mol. The van der Waals surface area contributed by atoms with Crippen molar-refractivity contribution in [1.82, 2.24) is 0 Å². The molecule has 214 valence electrons. The lowest BCUT2D eigenvalue weighted by Crippen LogP contribution is -2.16. The second-order valence-electron chi connectivity index (χ2n) is 9.72. The van der Waals surface area contributed by atoms with Gasteiger partial charge in [-0.15, -0.1) is 11.3 Å². The van der Waals surface area contributed by atoms with Crippen LogP contribution in [-0.4, -0.2) is 25.6 Å². The number of fused-ring (bicyclic) bond motifs is 2. The Hall–Kier alpha value is -4.13. The highest BCUT2D eigenvalue weighted by Crippen LogP contribution is 2.40. The van der Waals surface area contributed by atoms with Crippen LogP contribution < -0.4 is 14.8 Å². The van der Waals surface area contributed by atoms with E-state index in [1.807, 2.05) is 30.3 Å². The van der Waals surface area contributed by atoms with Crippen LogP contribution >= 0.6 is 27.3 Å². The van der Waals surface area contributed by atoms with Gasteiger partial charge in [0.1, 0.15) is 23.3 Å². The van der Waals surface area contributed by atoms with Crippen LogP contribution in [0.2, 0.25) is 0 Å². The molecule has 42 heavy (non-hydrogen) atoms. The van der Waals surface area contributed by atoms with Crippen LogP contribution in [0.1, 0.15) is 51.7 Å². The van der Waals surface area contributed by atoms with E-state index in [-0.39, 0.29) is 12.2 Å². The van der Waals surface area contributed by atoms with Crippen molar-refractivity contribution in [2.45, 2.75) is 39.2 Å². The number of nitrogens with one attached hydrogen (secondary N) is 1. The molecule has 0 bridgehead atoms. The molecule has 1 aromatic heterocycles. The molecule has 3 aromatic carbocycles. The Morgan fingerprint density at radius 2 is 1.90 bits per heavy atom. The number of rotatable bonds is 9. The Morgan fingerprint density at radius 1 is 1.12 bits per heavy atom. The number of aryl methyl sites for hydroxylation is 1. The van der Waals surface area contributed by atoms with Crippen LogP contribution in [0.15, 0.2) is 64.6 Å². The summed E-state index contributed by atoms with van der Waals surface area (Å²) in [6, 6.07) is 19.7. The van der Waals surface area contributed by atoms with Crippen molar-refractivity contribution in [3.63, 3.8) is 0 Å². The molecule has 1 N–H and O–H groups in total. The number of carbonyl (C=O) groups is 2. The van der Waals surface area contributed by atoms with E-state index < -0.39 is 11.9 Å². The van der Waals surface area contributed by atoms with Crippen LogP contribution in [-0.2, 0) is 29.0 Å². The standard InChI is InChI=1S/C33H29BrN2O5S/c1-3-40-33(38)29-25-13-6-7-14-28(25)42-32(29)36-31(37)23(18-35)15-20-16-26(34)30(27(17-20)39-2)41-19-22-11-8-10-21-9-4-5-12-24(21)22/h4-5,8-12,15-17H,3,6-7,13-14,19H2,1-2H3,(H,36,37)/b23-15+. The van der Waals surface area contributed by atoms with E-state index in [2.05, 4.69) is 39.4 Å². The second-order valence-corrected chi connectivity index (χ2v) is 11.7. The van der Waals surface area contributed by atoms with Gasteiger partial charge in [0.05, 0.1) is 23.8 Å². The van der Waals surface area contributed by atoms with E-state index in [0.29, 0.717) is 38.7 Å². The Labute approximate surface area is 256 Å². The van der Waals surface area contributed by atoms with Gasteiger partial charge in [-0.1, -0.05) is 42.5 Å². The van der Waals surface area contributed by atoms with Crippen molar-refractivity contribution in [2.24, 2.45) is 0 Å². The van der Waals surface area contributed by atoms with Gasteiger partial charge in [0, 0.05) is 4.88 Å². The van der Waals surface area contributed by atoms with Crippen molar-refractivity contribution < 1.29 is 23.8 Å². The molecule has 1 aliphatic rings. The number of esters is 1. The first-order chi connectivity index (χ1) is 20.4. The summed E-state index contributed by atoms with van der Waals surface area (Å²) in [6.07, 6.45) is 5.11. The normalized spacial score (nSPS) is 12.8. The smallest absolute Gasteiger partial charge is 0.341 e. The predicted octanol–water partition coefficient (Wildman–Crippen LogP) is 7.85. The van der Waals surface area contributed by atoms with Crippen molar-refractivity contribution in [3.8, 4) is 17.6 Å². The van der Waals surface area contributed by atoms with Crippen LogP contribution in [0, 0.1) is 11.3 Å². The molecule has 1 heterocycles. The molecule has 7 nitrogen and oxygen atoms in total. The van der Waals surface area contributed by atoms with Gasteiger partial charge < -0.3 is 19.5 Å². The molecule has 0 aliphatic heterocycles. The monoisotopic (exact) mass is 644 g/mol. The third kappa shape index (κ3) is 6.20. The number of amides is 1. The highest BCUT2D eigenvalue weighted by atomic mass is 79.9. The first kappa shape index (κ1) is 29.4. The van der Waals surface area contributed by atoms with Gasteiger partial charge in [0.25, 0.3) is 5.91 Å². The molecule has 5 rings (SSSR count). The summed E-state index contributed by atoms with van der Waals surface area (Å²) >= 11 is 4.95. The van der Waals surface area contributed by atoms with Gasteiger partial charge in [-0.05, 0) is 94.2 Å². The zero-order valence-corrected chi connectivity index (χ0v) is 25.7. The molecule has 0 saturated heterocycles. The number of thiophene rings is 1. The molecular formula is C33H29BrN2O5S. The maximum absolute atomic E-state index is 13.3. The fraction of sp³-hybridized carbons (Fsp3) is 0.242. The van der Waals surface area contributed by atoms with Crippen LogP contribution in [0.5, 0.6) is 11.5 Å². The van der Waals surface area contributed by atoms with Crippen molar-refractivity contribution in [2.75, 3.05) is 19.0 Å². The molecule has 0 radical (unpaired) electrons. The number of nitrogens with zero attached hydrogens (tertiary/aromatic N) is 1. The maximum atomic E-state index is 13.3. The van der Waals surface area contributed by atoms with E-state index in [1.54, 1.807) is 19.1 Å². The van der Waals surface area contributed by atoms with Gasteiger partial charge in [-0.2, -0.15) is 5.26 Å². The quantitative estimate of drug-likeness (QED) is 0.113. The molecule has 0 spiro atoms. The van der Waals surface area contributed by atoms with E-state index >= 15 is 0 Å². The summed E-state index contributed by atoms with van der Waals surface area (Å²) in [6.45, 7) is 2.31. The number of carbonyl (C=O) groups excluding carboxylic acids is 2. The largest absolute Gasteiger partial charge is 0.493 e. The Balaban J connectivity index is 1.39. The zero-order chi connectivity index (χ0) is 29.6. The summed E-state index contributed by atoms with van der Waals surface area (Å²) in [5.74, 6) is -0.103. The van der Waals surface area contributed by atoms with Crippen molar-refractivity contribution in [1.29, 1.82) is 5.26 Å². The summed E-state index contributed by atoms with van der Waals surface area (Å²) in [5, 5.41) is 15.3. The Kier molecular flexibility index (Phi) is 9.25. The van der Waals surface area contributed by atoms with E-state index in [0.717, 1.165) is 52.5 Å². The number of nitriles is 1. The molecule has 0 atom stereocenters. The fourth-order valence-corrected chi connectivity index (χ4v) is 6.94. The fourth-order valence-electron chi connectivity index (χ4n) is 5.09. The molecule has 0 saturated carbocycles. The molecule has 1 amide bonds. The lowest BCUT2D eigenvalue weighted by molar-refractivity contribution is -0.112. The van der Waals surface area contributed by atoms with Gasteiger partial charge in [-0.25, -0.2) is 4.79 Å². The van der Waals surface area contributed by atoms with E-state index in [9.17, 15) is 14.9 Å². The highest BCUT2D eigenvalue weighted by Gasteiger charge is 2.28. The average Bonchev–Trinajstić information content (AvgIpc) is 3.36. The number of hydrogen-bond donors (Lipinski definition) is 1. The lowest BCUT2D eigenvalue weighted by Gasteiger charge is -2.15. The van der Waals surface area contributed by atoms with Gasteiger partial charge >= 0.3 is 5.97 Å². The highest BCUT2D eigenvalue weighted by molar-refractivity contribution is 9.10. The van der Waals surface area contributed by atoms with E-state index in [1.165, 1.54) is 24.5 Å². The summed E-state index contributed by atoms with van der Waals surface area (Å²) in [7, 11) is 1.54. The molecule has 1 aliphatic carbocycles. The van der Waals surface area contributed by atoms with Crippen LogP contribution in [0.3, 0.4) is 0 Å². The zero-order valence-electron chi connectivity index (χ0n) is 23.3. The van der Waals surface area contributed by atoms with Crippen molar-refractivity contribution in [3.05, 3.63) is 91.8 Å². The first-order valence-corrected chi connectivity index (χ1v) is 15.3. The molecule has 0 fully saturated rings. The number of methoxy groups -OCH3 is 1. The van der Waals surface area contributed by atoms with Crippen LogP contribution in [0.25, 0.3) is 16.8 Å². The number of benzene rings is 3. The summed E-state index contributed by atoms with van der Waals surface area (Å²) < 4.78 is 17.7. The second kappa shape index (κ2) is 13.2. The van der Waals surface area contributed by atoms with Gasteiger partial charge in [0.15, 0.2) is 11.5 Å². The number of halogens is 1. The molecule has 0 unspecified atom stereocenters. The predicted molar refractivity (Wildman–Crippen MR) is 168 cm³/mol. The Morgan fingerprint density at radius 3 is 2.69 bits per heavy atom. The van der Waals surface area contributed by atoms with Crippen molar-refractivity contribution >= 4 is 61.0 Å². The minimum absolute atomic E-state index is 0.116. The Bertz CT molecular complexity index is 1730. The first-order valence-electron chi connectivity index (χ1n) is 13.6. The summed E-state index contributed by atoms with van der Waals surface area (Å²) in [4.78, 5) is 27.1. The third-order valence-electron chi connectivity index (χ3n) is 7.06. The van der Waals surface area contributed by atoms with Gasteiger partial charge in [-0.3, -0.25) is 4.79 Å². The molecule has 9 heteroatoms. The number of hydrogen-bond acceptors (Lipinski definition) is 7. The van der Waals surface area contributed by atoms with E-state index in [4.69, 9.17) is 14.2 Å². The topological polar surface area (TPSA) is 97.7 Å². The lowest BCUT2D eigenvalue weighted by atomic mass is 9.95. The molecule has 4 aromatic rings. The average molecular weight is 646 g/mol. The third-order valence-corrected chi connectivity index (χ3v) is 8.85. The number of anilines is 1. The minimum atomic E-state index is -0.604. The minimum Gasteiger partial charge on any atom is -0.493 e. The summed E-state index contributed by atoms with van der Waals surface area (Å²) in [5.41, 5.74) is 2.83. The van der Waals surface area contributed by atoms with Gasteiger partial charge in [0.2, 0.25) is 0 Å². The van der Waals surface area contributed by atoms with Crippen LogP contribution in [0.4, 0.5) is 5.00 Å².